The van der Waals surface area contributed by atoms with Crippen LogP contribution in [0.25, 0.3) is 11.3 Å². The smallest absolute Gasteiger partial charge is 0.343 e. The van der Waals surface area contributed by atoms with Crippen LogP contribution in [0.5, 0.6) is 11.5 Å². The van der Waals surface area contributed by atoms with Gasteiger partial charge in [-0.1, -0.05) is 48.0 Å². The van der Waals surface area contributed by atoms with Crippen molar-refractivity contribution in [1.29, 1.82) is 0 Å². The van der Waals surface area contributed by atoms with Gasteiger partial charge in [0.1, 0.15) is 0 Å². The van der Waals surface area contributed by atoms with Gasteiger partial charge in [0.2, 0.25) is 5.13 Å². The molecule has 4 rings (SSSR count). The van der Waals surface area contributed by atoms with Gasteiger partial charge in [0.05, 0.1) is 24.1 Å². The number of benzene rings is 3. The van der Waals surface area contributed by atoms with Gasteiger partial charge in [-0.25, -0.2) is 9.78 Å². The minimum absolute atomic E-state index is 0.319. The number of carbonyl (C=O) groups is 1. The van der Waals surface area contributed by atoms with E-state index in [9.17, 15) is 4.79 Å². The first-order chi connectivity index (χ1) is 16.5. The summed E-state index contributed by atoms with van der Waals surface area (Å²) in [4.78, 5) is 18.2. The Morgan fingerprint density at radius 3 is 2.68 bits per heavy atom. The molecule has 0 aliphatic rings. The summed E-state index contributed by atoms with van der Waals surface area (Å²) in [5.41, 5.74) is 6.13. The van der Waals surface area contributed by atoms with Crippen molar-refractivity contribution in [3.63, 3.8) is 0 Å². The Labute approximate surface area is 206 Å². The molecule has 0 aliphatic heterocycles. The third-order valence-electron chi connectivity index (χ3n) is 4.75. The van der Waals surface area contributed by atoms with Crippen LogP contribution in [0.4, 0.5) is 5.13 Å². The van der Waals surface area contributed by atoms with Gasteiger partial charge in [-0.3, -0.25) is 5.43 Å². The molecule has 4 aromatic rings. The lowest BCUT2D eigenvalue weighted by Gasteiger charge is -2.11. The van der Waals surface area contributed by atoms with Gasteiger partial charge in [-0.2, -0.15) is 5.10 Å². The second-order valence-corrected chi connectivity index (χ2v) is 8.84. The van der Waals surface area contributed by atoms with Gasteiger partial charge in [-0.15, -0.1) is 11.3 Å². The first kappa shape index (κ1) is 23.5. The number of nitrogens with zero attached hydrogens (tertiary/aromatic N) is 2. The van der Waals surface area contributed by atoms with E-state index < -0.39 is 5.97 Å². The molecule has 8 heteroatoms. The first-order valence-electron chi connectivity index (χ1n) is 10.6. The van der Waals surface area contributed by atoms with Crippen LogP contribution in [0.15, 0.2) is 77.9 Å². The van der Waals surface area contributed by atoms with Gasteiger partial charge in [0.15, 0.2) is 11.5 Å². The van der Waals surface area contributed by atoms with Gasteiger partial charge in [0.25, 0.3) is 0 Å². The topological polar surface area (TPSA) is 72.8 Å². The highest BCUT2D eigenvalue weighted by Gasteiger charge is 2.14. The quantitative estimate of drug-likeness (QED) is 0.126. The lowest BCUT2D eigenvalue weighted by atomic mass is 10.1. The highest BCUT2D eigenvalue weighted by Crippen LogP contribution is 2.31. The summed E-state index contributed by atoms with van der Waals surface area (Å²) in [7, 11) is 0. The van der Waals surface area contributed by atoms with E-state index in [1.54, 1.807) is 48.7 Å². The fourth-order valence-electron chi connectivity index (χ4n) is 3.20. The van der Waals surface area contributed by atoms with Crippen molar-refractivity contribution in [3.05, 3.63) is 93.8 Å². The lowest BCUT2D eigenvalue weighted by Crippen LogP contribution is -2.09. The molecule has 1 aromatic heterocycles. The zero-order valence-corrected chi connectivity index (χ0v) is 20.2. The molecular formula is C26H22ClN3O3S. The molecule has 0 spiro atoms. The molecule has 0 radical (unpaired) electrons. The predicted octanol–water partition coefficient (Wildman–Crippen LogP) is 6.84. The van der Waals surface area contributed by atoms with Crippen molar-refractivity contribution in [2.75, 3.05) is 12.0 Å². The second-order valence-electron chi connectivity index (χ2n) is 7.20. The summed E-state index contributed by atoms with van der Waals surface area (Å²) < 4.78 is 11.2. The molecule has 6 nitrogen and oxygen atoms in total. The number of halogens is 1. The van der Waals surface area contributed by atoms with Gasteiger partial charge in [-0.05, 0) is 55.8 Å². The van der Waals surface area contributed by atoms with Crippen molar-refractivity contribution < 1.29 is 14.3 Å². The van der Waals surface area contributed by atoms with E-state index in [1.165, 1.54) is 11.3 Å². The standard InChI is InChI=1S/C26H22ClN3O3S/c1-3-32-23-14-18(12-13-22(23)33-25(31)20-10-7-11-21(27)15-20)16-28-30-26-29-24(17(2)34-26)19-8-5-4-6-9-19/h4-16H,3H2,1-2H3,(H,29,30)/b28-16+. The fourth-order valence-corrected chi connectivity index (χ4v) is 4.18. The predicted molar refractivity (Wildman–Crippen MR) is 138 cm³/mol. The van der Waals surface area contributed by atoms with Gasteiger partial charge < -0.3 is 9.47 Å². The van der Waals surface area contributed by atoms with Crippen LogP contribution in [-0.4, -0.2) is 23.8 Å². The summed E-state index contributed by atoms with van der Waals surface area (Å²) in [6, 6.07) is 21.8. The number of aromatic nitrogens is 1. The average molecular weight is 492 g/mol. The van der Waals surface area contributed by atoms with Crippen LogP contribution in [0, 0.1) is 6.92 Å². The summed E-state index contributed by atoms with van der Waals surface area (Å²) in [5.74, 6) is 0.248. The van der Waals surface area contributed by atoms with E-state index in [-0.39, 0.29) is 0 Å². The molecule has 0 atom stereocenters. The highest BCUT2D eigenvalue weighted by molar-refractivity contribution is 7.16. The molecule has 0 unspecified atom stereocenters. The Bertz CT molecular complexity index is 1320. The van der Waals surface area contributed by atoms with Crippen molar-refractivity contribution in [3.8, 4) is 22.8 Å². The molecule has 172 valence electrons. The third-order valence-corrected chi connectivity index (χ3v) is 5.86. The largest absolute Gasteiger partial charge is 0.490 e. The number of ether oxygens (including phenoxy) is 2. The number of carbonyl (C=O) groups excluding carboxylic acids is 1. The maximum atomic E-state index is 12.5. The minimum atomic E-state index is -0.514. The molecular weight excluding hydrogens is 470 g/mol. The van der Waals surface area contributed by atoms with E-state index in [0.29, 0.717) is 33.8 Å². The number of thiazole rings is 1. The molecule has 1 N–H and O–H groups in total. The van der Waals surface area contributed by atoms with Gasteiger partial charge in [0, 0.05) is 15.5 Å². The molecule has 34 heavy (non-hydrogen) atoms. The van der Waals surface area contributed by atoms with E-state index in [4.69, 9.17) is 21.1 Å². The Kier molecular flexibility index (Phi) is 7.57. The normalized spacial score (nSPS) is 10.9. The van der Waals surface area contributed by atoms with E-state index in [0.717, 1.165) is 21.7 Å². The van der Waals surface area contributed by atoms with Crippen LogP contribution in [-0.2, 0) is 0 Å². The van der Waals surface area contributed by atoms with Crippen molar-refractivity contribution >= 4 is 40.3 Å². The number of hydrogen-bond donors (Lipinski definition) is 1. The molecule has 0 fully saturated rings. The van der Waals surface area contributed by atoms with Crippen LogP contribution in [0.3, 0.4) is 0 Å². The number of esters is 1. The average Bonchev–Trinajstić information content (AvgIpc) is 3.21. The highest BCUT2D eigenvalue weighted by atomic mass is 35.5. The summed E-state index contributed by atoms with van der Waals surface area (Å²) >= 11 is 7.51. The van der Waals surface area contributed by atoms with E-state index in [2.05, 4.69) is 15.5 Å². The minimum Gasteiger partial charge on any atom is -0.490 e. The van der Waals surface area contributed by atoms with Crippen molar-refractivity contribution in [2.24, 2.45) is 5.10 Å². The van der Waals surface area contributed by atoms with Crippen LogP contribution < -0.4 is 14.9 Å². The number of rotatable bonds is 8. The maximum absolute atomic E-state index is 12.5. The monoisotopic (exact) mass is 491 g/mol. The Hall–Kier alpha value is -3.68. The number of aryl methyl sites for hydroxylation is 1. The number of anilines is 1. The lowest BCUT2D eigenvalue weighted by molar-refractivity contribution is 0.0728. The molecule has 3 aromatic carbocycles. The fraction of sp³-hybridized carbons (Fsp3) is 0.115. The van der Waals surface area contributed by atoms with Crippen molar-refractivity contribution in [1.82, 2.24) is 4.98 Å². The van der Waals surface area contributed by atoms with Crippen LogP contribution in [0.1, 0.15) is 27.7 Å². The summed E-state index contributed by atoms with van der Waals surface area (Å²) in [6.45, 7) is 4.31. The molecule has 0 aliphatic carbocycles. The van der Waals surface area contributed by atoms with E-state index >= 15 is 0 Å². The summed E-state index contributed by atoms with van der Waals surface area (Å²) in [5, 5.41) is 5.47. The Morgan fingerprint density at radius 2 is 1.91 bits per heavy atom. The SMILES string of the molecule is CCOc1cc(/C=N/Nc2nc(-c3ccccc3)c(C)s2)ccc1OC(=O)c1cccc(Cl)c1. The number of hydrazone groups is 1. The molecule has 0 amide bonds. The van der Waals surface area contributed by atoms with Crippen molar-refractivity contribution in [2.45, 2.75) is 13.8 Å². The number of nitrogens with one attached hydrogen (secondary N) is 1. The maximum Gasteiger partial charge on any atom is 0.343 e. The Balaban J connectivity index is 1.46. The van der Waals surface area contributed by atoms with Gasteiger partial charge >= 0.3 is 5.97 Å². The number of hydrogen-bond acceptors (Lipinski definition) is 7. The molecule has 0 saturated carbocycles. The second kappa shape index (κ2) is 11.0. The molecule has 0 saturated heterocycles. The molecule has 1 heterocycles. The zero-order chi connectivity index (χ0) is 23.9. The molecule has 0 bridgehead atoms. The Morgan fingerprint density at radius 1 is 1.09 bits per heavy atom. The van der Waals surface area contributed by atoms with E-state index in [1.807, 2.05) is 44.2 Å². The summed E-state index contributed by atoms with van der Waals surface area (Å²) in [6.07, 6.45) is 1.66. The van der Waals surface area contributed by atoms with Crippen LogP contribution >= 0.6 is 22.9 Å². The zero-order valence-electron chi connectivity index (χ0n) is 18.6. The third kappa shape index (κ3) is 5.81. The first-order valence-corrected chi connectivity index (χ1v) is 11.8. The van der Waals surface area contributed by atoms with Crippen LogP contribution in [0.2, 0.25) is 5.02 Å².